The van der Waals surface area contributed by atoms with Crippen LogP contribution in [0.15, 0.2) is 60.7 Å². The molecule has 0 aromatic heterocycles. The Bertz CT molecular complexity index is 1280. The van der Waals surface area contributed by atoms with Crippen LogP contribution < -0.4 is 4.74 Å². The van der Waals surface area contributed by atoms with Crippen molar-refractivity contribution in [3.8, 4) is 16.9 Å². The zero-order chi connectivity index (χ0) is 24.5. The van der Waals surface area contributed by atoms with Gasteiger partial charge in [0.25, 0.3) is 11.8 Å². The summed E-state index contributed by atoms with van der Waals surface area (Å²) in [5.74, 6) is 0.805. The minimum absolute atomic E-state index is 0.119. The number of hydrogen-bond donors (Lipinski definition) is 0. The van der Waals surface area contributed by atoms with Crippen molar-refractivity contribution < 1.29 is 14.3 Å². The van der Waals surface area contributed by atoms with Crippen molar-refractivity contribution in [3.63, 3.8) is 0 Å². The van der Waals surface area contributed by atoms with Gasteiger partial charge in [0.1, 0.15) is 12.4 Å². The Morgan fingerprint density at radius 1 is 1.03 bits per heavy atom. The maximum absolute atomic E-state index is 12.8. The highest BCUT2D eigenvalue weighted by Gasteiger charge is 2.34. The summed E-state index contributed by atoms with van der Waals surface area (Å²) >= 11 is 6.41. The van der Waals surface area contributed by atoms with E-state index in [0.29, 0.717) is 29.8 Å². The van der Waals surface area contributed by atoms with Crippen molar-refractivity contribution in [2.45, 2.75) is 44.9 Å². The highest BCUT2D eigenvalue weighted by molar-refractivity contribution is 6.34. The zero-order valence-corrected chi connectivity index (χ0v) is 20.8. The second-order valence-electron chi connectivity index (χ2n) is 9.57. The van der Waals surface area contributed by atoms with Crippen molar-refractivity contribution in [2.24, 2.45) is 0 Å². The zero-order valence-electron chi connectivity index (χ0n) is 20.1. The van der Waals surface area contributed by atoms with Crippen molar-refractivity contribution >= 4 is 23.4 Å². The summed E-state index contributed by atoms with van der Waals surface area (Å²) in [6, 6.07) is 19.8. The minimum atomic E-state index is -0.119. The van der Waals surface area contributed by atoms with E-state index in [2.05, 4.69) is 6.07 Å². The first-order valence-electron chi connectivity index (χ1n) is 12.1. The molecule has 35 heavy (non-hydrogen) atoms. The maximum atomic E-state index is 12.8. The molecular formula is C29H29ClN2O3. The van der Waals surface area contributed by atoms with Crippen LogP contribution in [-0.2, 0) is 13.2 Å². The summed E-state index contributed by atoms with van der Waals surface area (Å²) in [7, 11) is 3.42. The molecule has 0 N–H and O–H groups in total. The number of benzene rings is 3. The fourth-order valence-electron chi connectivity index (χ4n) is 5.04. The third-order valence-electron chi connectivity index (χ3n) is 6.95. The summed E-state index contributed by atoms with van der Waals surface area (Å²) in [4.78, 5) is 28.6. The lowest BCUT2D eigenvalue weighted by atomic mass is 10.0. The largest absolute Gasteiger partial charge is 0.489 e. The lowest BCUT2D eigenvalue weighted by Gasteiger charge is -2.23. The number of halogens is 1. The summed E-state index contributed by atoms with van der Waals surface area (Å²) in [6.07, 6.45) is 4.64. The molecule has 1 aliphatic heterocycles. The fraction of sp³-hybridized carbons (Fsp3) is 0.310. The highest BCUT2D eigenvalue weighted by Crippen LogP contribution is 2.33. The normalized spacial score (nSPS) is 15.4. The van der Waals surface area contributed by atoms with E-state index in [-0.39, 0.29) is 11.8 Å². The molecule has 0 saturated heterocycles. The average Bonchev–Trinajstić information content (AvgIpc) is 3.50. The number of amides is 2. The topological polar surface area (TPSA) is 49.9 Å². The van der Waals surface area contributed by atoms with Crippen molar-refractivity contribution in [1.82, 2.24) is 9.80 Å². The first-order chi connectivity index (χ1) is 16.9. The molecule has 0 spiro atoms. The lowest BCUT2D eigenvalue weighted by molar-refractivity contribution is 0.0706. The van der Waals surface area contributed by atoms with Crippen molar-refractivity contribution in [2.75, 3.05) is 14.1 Å². The molecule has 3 aromatic rings. The molecular weight excluding hydrogens is 460 g/mol. The summed E-state index contributed by atoms with van der Waals surface area (Å²) in [6.45, 7) is 1.09. The number of nitrogens with zero attached hydrogens (tertiary/aromatic N) is 2. The monoisotopic (exact) mass is 488 g/mol. The highest BCUT2D eigenvalue weighted by atomic mass is 35.5. The number of rotatable bonds is 6. The van der Waals surface area contributed by atoms with E-state index in [1.165, 1.54) is 17.7 Å². The van der Waals surface area contributed by atoms with E-state index in [1.54, 1.807) is 20.2 Å². The molecule has 1 saturated carbocycles. The molecule has 0 atom stereocenters. The molecule has 1 fully saturated rings. The van der Waals surface area contributed by atoms with Gasteiger partial charge in [-0.1, -0.05) is 48.7 Å². The van der Waals surface area contributed by atoms with Crippen LogP contribution in [0.5, 0.6) is 5.75 Å². The first-order valence-corrected chi connectivity index (χ1v) is 12.5. The number of hydrogen-bond acceptors (Lipinski definition) is 3. The van der Waals surface area contributed by atoms with Crippen molar-refractivity contribution in [3.05, 3.63) is 87.9 Å². The molecule has 0 unspecified atom stereocenters. The van der Waals surface area contributed by atoms with Crippen LogP contribution in [-0.4, -0.2) is 41.8 Å². The maximum Gasteiger partial charge on any atom is 0.254 e. The standard InChI is InChI=1S/C29H29ClN2O3/c1-31(2)28(33)26-12-10-21(16-27(26)30)20-7-5-6-19(14-20)18-35-24-11-13-25-22(15-24)17-32(29(25)34)23-8-3-4-9-23/h5-7,10-16,23H,3-4,8-9,17-18H2,1-2H3. The summed E-state index contributed by atoms with van der Waals surface area (Å²) in [5, 5.41) is 0.433. The summed E-state index contributed by atoms with van der Waals surface area (Å²) in [5.41, 5.74) is 5.31. The van der Waals surface area contributed by atoms with Crippen LogP contribution in [0.25, 0.3) is 11.1 Å². The molecule has 3 aromatic carbocycles. The van der Waals surface area contributed by atoms with Gasteiger partial charge in [0.15, 0.2) is 0 Å². The van der Waals surface area contributed by atoms with E-state index in [0.717, 1.165) is 46.4 Å². The SMILES string of the molecule is CN(C)C(=O)c1ccc(-c2cccc(COc3ccc4c(c3)CN(C3CCCC3)C4=O)c2)cc1Cl. The Morgan fingerprint density at radius 2 is 1.80 bits per heavy atom. The predicted molar refractivity (Wildman–Crippen MR) is 138 cm³/mol. The Morgan fingerprint density at radius 3 is 2.54 bits per heavy atom. The minimum Gasteiger partial charge on any atom is -0.489 e. The van der Waals surface area contributed by atoms with E-state index >= 15 is 0 Å². The van der Waals surface area contributed by atoms with Gasteiger partial charge < -0.3 is 14.5 Å². The Balaban J connectivity index is 1.28. The molecule has 180 valence electrons. The molecule has 0 bridgehead atoms. The first kappa shape index (κ1) is 23.4. The van der Waals surface area contributed by atoms with Crippen molar-refractivity contribution in [1.29, 1.82) is 0 Å². The van der Waals surface area contributed by atoms with Crippen LogP contribution in [0.3, 0.4) is 0 Å². The van der Waals surface area contributed by atoms with Crippen LogP contribution in [0.4, 0.5) is 0 Å². The van der Waals surface area contributed by atoms with Gasteiger partial charge in [0.2, 0.25) is 0 Å². The van der Waals surface area contributed by atoms with Gasteiger partial charge in [0, 0.05) is 32.2 Å². The Hall–Kier alpha value is -3.31. The second kappa shape index (κ2) is 9.74. The predicted octanol–water partition coefficient (Wildman–Crippen LogP) is 6.19. The third kappa shape index (κ3) is 4.78. The van der Waals surface area contributed by atoms with Crippen LogP contribution in [0.1, 0.15) is 57.5 Å². The van der Waals surface area contributed by atoms with Gasteiger partial charge in [-0.2, -0.15) is 0 Å². The van der Waals surface area contributed by atoms with Gasteiger partial charge in [-0.3, -0.25) is 9.59 Å². The molecule has 5 rings (SSSR count). The second-order valence-corrected chi connectivity index (χ2v) is 9.98. The van der Waals surface area contributed by atoms with Gasteiger partial charge in [-0.05, 0) is 71.5 Å². The van der Waals surface area contributed by atoms with Gasteiger partial charge in [-0.15, -0.1) is 0 Å². The van der Waals surface area contributed by atoms with Crippen LogP contribution >= 0.6 is 11.6 Å². The molecule has 6 heteroatoms. The number of carbonyl (C=O) groups excluding carboxylic acids is 2. The van der Waals surface area contributed by atoms with Crippen LogP contribution in [0, 0.1) is 0 Å². The van der Waals surface area contributed by atoms with Gasteiger partial charge in [-0.25, -0.2) is 0 Å². The molecule has 0 radical (unpaired) electrons. The summed E-state index contributed by atoms with van der Waals surface area (Å²) < 4.78 is 6.10. The smallest absolute Gasteiger partial charge is 0.254 e. The van der Waals surface area contributed by atoms with Gasteiger partial charge >= 0.3 is 0 Å². The number of carbonyl (C=O) groups is 2. The molecule has 1 aliphatic carbocycles. The van der Waals surface area contributed by atoms with Gasteiger partial charge in [0.05, 0.1) is 10.6 Å². The third-order valence-corrected chi connectivity index (χ3v) is 7.26. The van der Waals surface area contributed by atoms with E-state index in [1.807, 2.05) is 53.4 Å². The average molecular weight is 489 g/mol. The van der Waals surface area contributed by atoms with E-state index < -0.39 is 0 Å². The lowest BCUT2D eigenvalue weighted by Crippen LogP contribution is -2.33. The fourth-order valence-corrected chi connectivity index (χ4v) is 5.30. The number of ether oxygens (including phenoxy) is 1. The molecule has 5 nitrogen and oxygen atoms in total. The number of fused-ring (bicyclic) bond motifs is 1. The van der Waals surface area contributed by atoms with E-state index in [4.69, 9.17) is 16.3 Å². The molecule has 2 aliphatic rings. The van der Waals surface area contributed by atoms with Crippen LogP contribution in [0.2, 0.25) is 5.02 Å². The van der Waals surface area contributed by atoms with E-state index in [9.17, 15) is 9.59 Å². The quantitative estimate of drug-likeness (QED) is 0.416. The Kier molecular flexibility index (Phi) is 6.52. The molecule has 1 heterocycles. The Labute approximate surface area is 211 Å². The molecule has 2 amide bonds.